The van der Waals surface area contributed by atoms with E-state index in [1.54, 1.807) is 14.2 Å². The quantitative estimate of drug-likeness (QED) is 0.864. The molecule has 2 aliphatic rings. The van der Waals surface area contributed by atoms with Crippen LogP contribution in [0.3, 0.4) is 0 Å². The molecule has 1 aromatic heterocycles. The van der Waals surface area contributed by atoms with Crippen LogP contribution in [0.25, 0.3) is 10.9 Å². The molecule has 4 rings (SSSR count). The summed E-state index contributed by atoms with van der Waals surface area (Å²) in [7, 11) is 3.22. The zero-order chi connectivity index (χ0) is 18.8. The van der Waals surface area contributed by atoms with Crippen molar-refractivity contribution in [3.8, 4) is 11.5 Å². The molecule has 2 aliphatic heterocycles. The molecule has 3 heterocycles. The smallest absolute Gasteiger partial charge is 0.227 e. The lowest BCUT2D eigenvalue weighted by Gasteiger charge is -2.40. The number of nitrogen functional groups attached to an aromatic ring is 1. The minimum atomic E-state index is 0.464. The highest BCUT2D eigenvalue weighted by molar-refractivity contribution is 5.91. The van der Waals surface area contributed by atoms with Crippen molar-refractivity contribution >= 4 is 22.7 Å². The number of piperidine rings is 1. The van der Waals surface area contributed by atoms with Crippen molar-refractivity contribution in [2.45, 2.75) is 18.9 Å². The van der Waals surface area contributed by atoms with E-state index in [4.69, 9.17) is 24.9 Å². The molecular formula is C19H27N5O3. The summed E-state index contributed by atoms with van der Waals surface area (Å²) in [5.41, 5.74) is 7.00. The van der Waals surface area contributed by atoms with Crippen LogP contribution < -0.4 is 20.1 Å². The number of hydrogen-bond acceptors (Lipinski definition) is 8. The largest absolute Gasteiger partial charge is 0.493 e. The first-order chi connectivity index (χ1) is 13.2. The van der Waals surface area contributed by atoms with Gasteiger partial charge in [0.25, 0.3) is 0 Å². The highest BCUT2D eigenvalue weighted by Gasteiger charge is 2.27. The van der Waals surface area contributed by atoms with Crippen LogP contribution in [-0.2, 0) is 4.74 Å². The monoisotopic (exact) mass is 373 g/mol. The van der Waals surface area contributed by atoms with Gasteiger partial charge in [0.15, 0.2) is 11.5 Å². The van der Waals surface area contributed by atoms with Gasteiger partial charge in [-0.2, -0.15) is 4.98 Å². The van der Waals surface area contributed by atoms with Crippen molar-refractivity contribution in [3.63, 3.8) is 0 Å². The van der Waals surface area contributed by atoms with E-state index < -0.39 is 0 Å². The van der Waals surface area contributed by atoms with E-state index in [9.17, 15) is 0 Å². The molecule has 0 saturated carbocycles. The van der Waals surface area contributed by atoms with E-state index in [0.29, 0.717) is 29.3 Å². The first-order valence-corrected chi connectivity index (χ1v) is 9.45. The minimum absolute atomic E-state index is 0.464. The Bertz CT molecular complexity index is 802. The number of benzene rings is 1. The van der Waals surface area contributed by atoms with Crippen LogP contribution in [0.2, 0.25) is 0 Å². The maximum atomic E-state index is 6.23. The predicted molar refractivity (Wildman–Crippen MR) is 105 cm³/mol. The molecule has 2 saturated heterocycles. The van der Waals surface area contributed by atoms with E-state index in [1.807, 2.05) is 12.1 Å². The molecule has 0 spiro atoms. The normalized spacial score (nSPS) is 19.4. The standard InChI is InChI=1S/C19H27N5O3/c1-25-16-11-14-15(12-17(16)26-2)21-19(22-18(14)20)24-5-3-13(4-6-24)23-7-9-27-10-8-23/h11-13H,3-10H2,1-2H3,(H2,20,21,22). The summed E-state index contributed by atoms with van der Waals surface area (Å²) in [5.74, 6) is 2.42. The Morgan fingerprint density at radius 1 is 1.00 bits per heavy atom. The molecule has 0 unspecified atom stereocenters. The Morgan fingerprint density at radius 2 is 1.67 bits per heavy atom. The fourth-order valence-electron chi connectivity index (χ4n) is 3.98. The molecule has 146 valence electrons. The lowest BCUT2D eigenvalue weighted by molar-refractivity contribution is 0.0114. The van der Waals surface area contributed by atoms with Gasteiger partial charge in [0.05, 0.1) is 33.0 Å². The van der Waals surface area contributed by atoms with E-state index in [1.165, 1.54) is 0 Å². The van der Waals surface area contributed by atoms with Gasteiger partial charge < -0.3 is 24.8 Å². The zero-order valence-corrected chi connectivity index (χ0v) is 16.0. The lowest BCUT2D eigenvalue weighted by Crippen LogP contribution is -2.49. The summed E-state index contributed by atoms with van der Waals surface area (Å²) in [6.07, 6.45) is 2.21. The van der Waals surface area contributed by atoms with Crippen molar-refractivity contribution in [1.29, 1.82) is 0 Å². The third-order valence-corrected chi connectivity index (χ3v) is 5.53. The highest BCUT2D eigenvalue weighted by atomic mass is 16.5. The molecule has 0 atom stereocenters. The number of morpholine rings is 1. The van der Waals surface area contributed by atoms with E-state index in [-0.39, 0.29) is 0 Å². The van der Waals surface area contributed by atoms with Gasteiger partial charge in [0, 0.05) is 43.7 Å². The molecular weight excluding hydrogens is 346 g/mol. The molecule has 0 radical (unpaired) electrons. The van der Waals surface area contributed by atoms with E-state index >= 15 is 0 Å². The molecule has 0 amide bonds. The Morgan fingerprint density at radius 3 is 2.33 bits per heavy atom. The lowest BCUT2D eigenvalue weighted by atomic mass is 10.0. The number of rotatable bonds is 4. The fourth-order valence-corrected chi connectivity index (χ4v) is 3.98. The van der Waals surface area contributed by atoms with Crippen LogP contribution >= 0.6 is 0 Å². The number of hydrogen-bond donors (Lipinski definition) is 1. The summed E-state index contributed by atoms with van der Waals surface area (Å²) in [5, 5.41) is 0.777. The number of methoxy groups -OCH3 is 2. The van der Waals surface area contributed by atoms with Crippen LogP contribution in [0.15, 0.2) is 12.1 Å². The predicted octanol–water partition coefficient (Wildman–Crippen LogP) is 1.53. The summed E-state index contributed by atoms with van der Waals surface area (Å²) in [4.78, 5) is 14.1. The summed E-state index contributed by atoms with van der Waals surface area (Å²) in [6.45, 7) is 5.61. The zero-order valence-electron chi connectivity index (χ0n) is 16.0. The van der Waals surface area contributed by atoms with Gasteiger partial charge in [-0.3, -0.25) is 4.90 Å². The molecule has 27 heavy (non-hydrogen) atoms. The SMILES string of the molecule is COc1cc2nc(N3CCC(N4CCOCC4)CC3)nc(N)c2cc1OC. The molecule has 8 heteroatoms. The van der Waals surface area contributed by atoms with Crippen LogP contribution in [0.1, 0.15) is 12.8 Å². The molecule has 0 bridgehead atoms. The van der Waals surface area contributed by atoms with Gasteiger partial charge >= 0.3 is 0 Å². The number of fused-ring (bicyclic) bond motifs is 1. The Kier molecular flexibility index (Phi) is 5.18. The average Bonchev–Trinajstić information content (AvgIpc) is 2.73. The molecule has 8 nitrogen and oxygen atoms in total. The summed E-state index contributed by atoms with van der Waals surface area (Å²) in [6, 6.07) is 4.31. The average molecular weight is 373 g/mol. The first kappa shape index (κ1) is 18.1. The summed E-state index contributed by atoms with van der Waals surface area (Å²) >= 11 is 0. The number of anilines is 2. The minimum Gasteiger partial charge on any atom is -0.493 e. The van der Waals surface area contributed by atoms with Gasteiger partial charge in [0.1, 0.15) is 5.82 Å². The third-order valence-electron chi connectivity index (χ3n) is 5.53. The second-order valence-electron chi connectivity index (χ2n) is 7.00. The number of nitrogens with zero attached hydrogens (tertiary/aromatic N) is 4. The van der Waals surface area contributed by atoms with Crippen LogP contribution in [0.4, 0.5) is 11.8 Å². The Balaban J connectivity index is 1.54. The van der Waals surface area contributed by atoms with Gasteiger partial charge in [-0.25, -0.2) is 4.98 Å². The molecule has 2 N–H and O–H groups in total. The Hall–Kier alpha value is -2.32. The van der Waals surface area contributed by atoms with Crippen LogP contribution in [0.5, 0.6) is 11.5 Å². The van der Waals surface area contributed by atoms with Gasteiger partial charge in [-0.05, 0) is 18.9 Å². The number of aromatic nitrogens is 2. The van der Waals surface area contributed by atoms with Gasteiger partial charge in [-0.1, -0.05) is 0 Å². The second-order valence-corrected chi connectivity index (χ2v) is 7.00. The second kappa shape index (κ2) is 7.74. The van der Waals surface area contributed by atoms with Crippen molar-refractivity contribution in [2.75, 3.05) is 64.2 Å². The van der Waals surface area contributed by atoms with Crippen molar-refractivity contribution in [2.24, 2.45) is 0 Å². The third kappa shape index (κ3) is 3.59. The first-order valence-electron chi connectivity index (χ1n) is 9.45. The van der Waals surface area contributed by atoms with E-state index in [0.717, 1.165) is 63.1 Å². The van der Waals surface area contributed by atoms with E-state index in [2.05, 4.69) is 14.8 Å². The molecule has 2 fully saturated rings. The van der Waals surface area contributed by atoms with Gasteiger partial charge in [0.2, 0.25) is 5.95 Å². The molecule has 2 aromatic rings. The summed E-state index contributed by atoms with van der Waals surface area (Å²) < 4.78 is 16.2. The number of nitrogens with two attached hydrogens (primary N) is 1. The molecule has 1 aromatic carbocycles. The van der Waals surface area contributed by atoms with Crippen LogP contribution in [0, 0.1) is 0 Å². The fraction of sp³-hybridized carbons (Fsp3) is 0.579. The Labute approximate surface area is 159 Å². The highest BCUT2D eigenvalue weighted by Crippen LogP contribution is 2.34. The maximum absolute atomic E-state index is 6.23. The topological polar surface area (TPSA) is 86.0 Å². The maximum Gasteiger partial charge on any atom is 0.227 e. The van der Waals surface area contributed by atoms with Crippen molar-refractivity contribution in [1.82, 2.24) is 14.9 Å². The molecule has 0 aliphatic carbocycles. The van der Waals surface area contributed by atoms with Crippen LogP contribution in [-0.4, -0.2) is 74.5 Å². The van der Waals surface area contributed by atoms with Gasteiger partial charge in [-0.15, -0.1) is 0 Å². The van der Waals surface area contributed by atoms with Crippen molar-refractivity contribution in [3.05, 3.63) is 12.1 Å². The number of ether oxygens (including phenoxy) is 3. The van der Waals surface area contributed by atoms with Crippen molar-refractivity contribution < 1.29 is 14.2 Å².